The molecule has 0 amide bonds. The van der Waals surface area contributed by atoms with Gasteiger partial charge < -0.3 is 5.32 Å². The Balaban J connectivity index is 3.85. The highest BCUT2D eigenvalue weighted by Crippen LogP contribution is 1.99. The number of hydrogen-bond donors (Lipinski definition) is 1. The van der Waals surface area contributed by atoms with Gasteiger partial charge in [-0.25, -0.2) is 0 Å². The molecule has 0 saturated heterocycles. The minimum Gasteiger partial charge on any atom is -0.389 e. The van der Waals surface area contributed by atoms with Crippen molar-refractivity contribution in [2.24, 2.45) is 0 Å². The zero-order valence-corrected chi connectivity index (χ0v) is 6.72. The van der Waals surface area contributed by atoms with E-state index in [1.54, 1.807) is 19.2 Å². The molecule has 11 heavy (non-hydrogen) atoms. The van der Waals surface area contributed by atoms with Gasteiger partial charge in [-0.3, -0.25) is 0 Å². The van der Waals surface area contributed by atoms with E-state index in [0.717, 1.165) is 11.3 Å². The molecule has 0 spiro atoms. The van der Waals surface area contributed by atoms with Crippen molar-refractivity contribution in [2.45, 2.75) is 6.42 Å². The predicted octanol–water partition coefficient (Wildman–Crippen LogP) is 1.75. The molecule has 0 aliphatic heterocycles. The van der Waals surface area contributed by atoms with Crippen LogP contribution < -0.4 is 5.32 Å². The van der Waals surface area contributed by atoms with Gasteiger partial charge in [0.05, 0.1) is 12.5 Å². The predicted molar refractivity (Wildman–Crippen MR) is 46.7 cm³/mol. The number of allylic oxidation sites excluding steroid dienone is 3. The van der Waals surface area contributed by atoms with Gasteiger partial charge in [0.15, 0.2) is 0 Å². The van der Waals surface area contributed by atoms with E-state index in [1.807, 2.05) is 6.07 Å². The summed E-state index contributed by atoms with van der Waals surface area (Å²) in [5.41, 5.74) is 1.60. The first-order valence-corrected chi connectivity index (χ1v) is 3.30. The van der Waals surface area contributed by atoms with Gasteiger partial charge in [-0.05, 0) is 11.6 Å². The van der Waals surface area contributed by atoms with E-state index < -0.39 is 0 Å². The van der Waals surface area contributed by atoms with Crippen LogP contribution in [0.25, 0.3) is 0 Å². The molecule has 58 valence electrons. The van der Waals surface area contributed by atoms with E-state index >= 15 is 0 Å². The quantitative estimate of drug-likeness (QED) is 0.616. The lowest BCUT2D eigenvalue weighted by molar-refractivity contribution is 1.04. The van der Waals surface area contributed by atoms with E-state index in [4.69, 9.17) is 5.26 Å². The average Bonchev–Trinajstić information content (AvgIpc) is 2.01. The Morgan fingerprint density at radius 3 is 2.64 bits per heavy atom. The number of likely N-dealkylation sites (N-methyl/N-ethyl adjacent to an activating group) is 1. The maximum absolute atomic E-state index is 8.28. The number of nitrogens with one attached hydrogen (secondary N) is 1. The van der Waals surface area contributed by atoms with Gasteiger partial charge in [0.1, 0.15) is 0 Å². The minimum atomic E-state index is 0.369. The van der Waals surface area contributed by atoms with Gasteiger partial charge in [-0.1, -0.05) is 19.2 Å². The van der Waals surface area contributed by atoms with Crippen LogP contribution in [0.15, 0.2) is 36.6 Å². The third-order valence-corrected chi connectivity index (χ3v) is 1.15. The lowest BCUT2D eigenvalue weighted by atomic mass is 10.2. The standard InChI is InChI=1S/C9H12N2/c1-8(6-7-10)4-5-9(2)11-3/h4-5,11H,1-2,6H2,3H3/b5-4-. The van der Waals surface area contributed by atoms with Gasteiger partial charge in [0, 0.05) is 12.7 Å². The van der Waals surface area contributed by atoms with Gasteiger partial charge in [-0.2, -0.15) is 5.26 Å². The van der Waals surface area contributed by atoms with E-state index in [1.165, 1.54) is 0 Å². The molecule has 0 unspecified atom stereocenters. The number of nitrogens with zero attached hydrogens (tertiary/aromatic N) is 1. The molecule has 0 rings (SSSR count). The fraction of sp³-hybridized carbons (Fsp3) is 0.222. The monoisotopic (exact) mass is 148 g/mol. The average molecular weight is 148 g/mol. The third-order valence-electron chi connectivity index (χ3n) is 1.15. The molecule has 1 N–H and O–H groups in total. The molecule has 2 nitrogen and oxygen atoms in total. The van der Waals surface area contributed by atoms with Crippen molar-refractivity contribution in [2.75, 3.05) is 7.05 Å². The Morgan fingerprint density at radius 2 is 2.18 bits per heavy atom. The molecular weight excluding hydrogens is 136 g/mol. The zero-order chi connectivity index (χ0) is 8.69. The Bertz CT molecular complexity index is 218. The normalized spacial score (nSPS) is 9.09. The van der Waals surface area contributed by atoms with Crippen molar-refractivity contribution >= 4 is 0 Å². The van der Waals surface area contributed by atoms with Crippen LogP contribution >= 0.6 is 0 Å². The van der Waals surface area contributed by atoms with Crippen LogP contribution in [-0.2, 0) is 0 Å². The summed E-state index contributed by atoms with van der Waals surface area (Å²) in [6, 6.07) is 2.01. The van der Waals surface area contributed by atoms with Crippen LogP contribution in [0.3, 0.4) is 0 Å². The second kappa shape index (κ2) is 5.31. The van der Waals surface area contributed by atoms with Crippen LogP contribution in [0, 0.1) is 11.3 Å². The van der Waals surface area contributed by atoms with Crippen molar-refractivity contribution in [1.82, 2.24) is 5.32 Å². The van der Waals surface area contributed by atoms with Crippen LogP contribution in [-0.4, -0.2) is 7.05 Å². The Labute approximate surface area is 67.5 Å². The maximum Gasteiger partial charge on any atom is 0.0669 e. The second-order valence-corrected chi connectivity index (χ2v) is 2.10. The van der Waals surface area contributed by atoms with E-state index in [0.29, 0.717) is 6.42 Å². The molecule has 0 fully saturated rings. The molecule has 0 aromatic heterocycles. The van der Waals surface area contributed by atoms with Crippen molar-refractivity contribution in [3.8, 4) is 6.07 Å². The van der Waals surface area contributed by atoms with Crippen molar-refractivity contribution < 1.29 is 0 Å². The van der Waals surface area contributed by atoms with Crippen molar-refractivity contribution in [3.63, 3.8) is 0 Å². The fourth-order valence-corrected chi connectivity index (χ4v) is 0.462. The highest BCUT2D eigenvalue weighted by atomic mass is 14.8. The summed E-state index contributed by atoms with van der Waals surface area (Å²) >= 11 is 0. The van der Waals surface area contributed by atoms with Crippen LogP contribution in [0.2, 0.25) is 0 Å². The van der Waals surface area contributed by atoms with Gasteiger partial charge in [-0.15, -0.1) is 0 Å². The lowest BCUT2D eigenvalue weighted by Crippen LogP contribution is -2.00. The topological polar surface area (TPSA) is 35.8 Å². The summed E-state index contributed by atoms with van der Waals surface area (Å²) in [4.78, 5) is 0. The molecular formula is C9H12N2. The van der Waals surface area contributed by atoms with Crippen molar-refractivity contribution in [3.05, 3.63) is 36.6 Å². The molecule has 0 aromatic carbocycles. The summed E-state index contributed by atoms with van der Waals surface area (Å²) in [5.74, 6) is 0. The number of hydrogen-bond acceptors (Lipinski definition) is 2. The summed E-state index contributed by atoms with van der Waals surface area (Å²) in [5, 5.41) is 11.1. The number of rotatable bonds is 4. The molecule has 0 heterocycles. The van der Waals surface area contributed by atoms with E-state index in [2.05, 4.69) is 18.5 Å². The first-order chi connectivity index (χ1) is 5.20. The van der Waals surface area contributed by atoms with Gasteiger partial charge in [0.25, 0.3) is 0 Å². The number of nitriles is 1. The Hall–Kier alpha value is -1.49. The molecule has 0 bridgehead atoms. The SMILES string of the molecule is C=C(/C=C\C(=C)NC)CC#N. The third kappa shape index (κ3) is 4.98. The van der Waals surface area contributed by atoms with Crippen LogP contribution in [0.1, 0.15) is 6.42 Å². The van der Waals surface area contributed by atoms with E-state index in [-0.39, 0.29) is 0 Å². The smallest absolute Gasteiger partial charge is 0.0669 e. The first kappa shape index (κ1) is 9.51. The Kier molecular flexibility index (Phi) is 4.59. The Morgan fingerprint density at radius 1 is 1.55 bits per heavy atom. The molecule has 0 aliphatic rings. The van der Waals surface area contributed by atoms with Crippen LogP contribution in [0.5, 0.6) is 0 Å². The lowest BCUT2D eigenvalue weighted by Gasteiger charge is -1.95. The molecule has 0 atom stereocenters. The summed E-state index contributed by atoms with van der Waals surface area (Å²) in [6.45, 7) is 7.36. The van der Waals surface area contributed by atoms with E-state index in [9.17, 15) is 0 Å². The molecule has 0 aliphatic carbocycles. The molecule has 2 heteroatoms. The van der Waals surface area contributed by atoms with Gasteiger partial charge >= 0.3 is 0 Å². The zero-order valence-electron chi connectivity index (χ0n) is 6.72. The molecule has 0 radical (unpaired) electrons. The second-order valence-electron chi connectivity index (χ2n) is 2.10. The van der Waals surface area contributed by atoms with Gasteiger partial charge in [0.2, 0.25) is 0 Å². The fourth-order valence-electron chi connectivity index (χ4n) is 0.462. The minimum absolute atomic E-state index is 0.369. The molecule has 0 aromatic rings. The highest BCUT2D eigenvalue weighted by molar-refractivity contribution is 5.24. The first-order valence-electron chi connectivity index (χ1n) is 3.30. The van der Waals surface area contributed by atoms with Crippen LogP contribution in [0.4, 0.5) is 0 Å². The summed E-state index contributed by atoms with van der Waals surface area (Å²) < 4.78 is 0. The molecule has 0 saturated carbocycles. The summed E-state index contributed by atoms with van der Waals surface area (Å²) in [7, 11) is 1.79. The summed E-state index contributed by atoms with van der Waals surface area (Å²) in [6.07, 6.45) is 3.94. The maximum atomic E-state index is 8.28. The highest BCUT2D eigenvalue weighted by Gasteiger charge is 1.85. The van der Waals surface area contributed by atoms with Crippen molar-refractivity contribution in [1.29, 1.82) is 5.26 Å². The largest absolute Gasteiger partial charge is 0.389 e.